The van der Waals surface area contributed by atoms with Crippen LogP contribution in [-0.2, 0) is 23.1 Å². The summed E-state index contributed by atoms with van der Waals surface area (Å²) in [5, 5.41) is 40.6. The molecule has 2 fully saturated rings. The summed E-state index contributed by atoms with van der Waals surface area (Å²) in [6, 6.07) is 1.94. The number of nitrogens with one attached hydrogen (secondary N) is 2. The van der Waals surface area contributed by atoms with E-state index in [4.69, 9.17) is 18.5 Å². The molecule has 0 aromatic carbocycles. The van der Waals surface area contributed by atoms with Gasteiger partial charge in [-0.25, -0.2) is 14.2 Å². The number of aromatic nitrogens is 4. The Kier molecular flexibility index (Phi) is 7.77. The van der Waals surface area contributed by atoms with Gasteiger partial charge in [-0.3, -0.25) is 37.7 Å². The molecule has 9 atom stereocenters. The largest absolute Gasteiger partial charge is 0.472 e. The van der Waals surface area contributed by atoms with E-state index in [-0.39, 0.29) is 0 Å². The second kappa shape index (κ2) is 10.5. The number of aliphatic hydroxyl groups excluding tert-OH is 4. The number of aromatic amines is 2. The first-order valence-corrected chi connectivity index (χ1v) is 12.2. The molecule has 1 unspecified atom stereocenters. The summed E-state index contributed by atoms with van der Waals surface area (Å²) < 4.78 is 34.7. The van der Waals surface area contributed by atoms with Crippen molar-refractivity contribution in [1.82, 2.24) is 19.1 Å². The number of phosphoric acid groups is 1. The van der Waals surface area contributed by atoms with E-state index in [0.29, 0.717) is 0 Å². The van der Waals surface area contributed by atoms with Crippen LogP contribution >= 0.6 is 7.82 Å². The molecule has 2 saturated heterocycles. The summed E-state index contributed by atoms with van der Waals surface area (Å²) in [4.78, 5) is 60.5. The Morgan fingerprint density at radius 1 is 0.865 bits per heavy atom. The lowest BCUT2D eigenvalue weighted by Crippen LogP contribution is -2.39. The minimum Gasteiger partial charge on any atom is -0.394 e. The topological polar surface area (TPSA) is 265 Å². The van der Waals surface area contributed by atoms with E-state index in [9.17, 15) is 49.1 Å². The van der Waals surface area contributed by atoms with Gasteiger partial charge in [0.05, 0.1) is 13.2 Å². The van der Waals surface area contributed by atoms with Crippen LogP contribution in [0.15, 0.2) is 43.7 Å². The molecule has 2 aromatic heterocycles. The van der Waals surface area contributed by atoms with E-state index in [1.54, 1.807) is 0 Å². The molecule has 2 aliphatic rings. The fraction of sp³-hybridized carbons (Fsp3) is 0.556. The van der Waals surface area contributed by atoms with Gasteiger partial charge in [0.15, 0.2) is 12.5 Å². The first-order chi connectivity index (χ1) is 17.4. The van der Waals surface area contributed by atoms with Crippen LogP contribution in [0.5, 0.6) is 0 Å². The number of H-pyrrole nitrogens is 2. The van der Waals surface area contributed by atoms with Gasteiger partial charge in [-0.15, -0.1) is 0 Å². The van der Waals surface area contributed by atoms with Crippen LogP contribution in [0.4, 0.5) is 0 Å². The van der Waals surface area contributed by atoms with Crippen LogP contribution in [0.3, 0.4) is 0 Å². The molecule has 0 radical (unpaired) electrons. The highest BCUT2D eigenvalue weighted by Crippen LogP contribution is 2.49. The van der Waals surface area contributed by atoms with Crippen LogP contribution in [0.25, 0.3) is 0 Å². The highest BCUT2D eigenvalue weighted by atomic mass is 31.2. The number of ether oxygens (including phenoxy) is 2. The normalized spacial score (nSPS) is 33.4. The van der Waals surface area contributed by atoms with Gasteiger partial charge < -0.3 is 34.8 Å². The smallest absolute Gasteiger partial charge is 0.394 e. The molecule has 19 heteroatoms. The van der Waals surface area contributed by atoms with Crippen LogP contribution in [-0.4, -0.2) is 94.3 Å². The van der Waals surface area contributed by atoms with Crippen molar-refractivity contribution in [3.63, 3.8) is 0 Å². The first-order valence-electron chi connectivity index (χ1n) is 10.7. The highest BCUT2D eigenvalue weighted by molar-refractivity contribution is 7.47. The van der Waals surface area contributed by atoms with Gasteiger partial charge in [0.1, 0.15) is 36.6 Å². The Morgan fingerprint density at radius 3 is 1.89 bits per heavy atom. The second-order valence-electron chi connectivity index (χ2n) is 8.15. The molecular weight excluding hydrogens is 527 g/mol. The number of nitrogens with zero attached hydrogens (tertiary/aromatic N) is 2. The summed E-state index contributed by atoms with van der Waals surface area (Å²) in [6.07, 6.45) is -10.6. The monoisotopic (exact) mass is 550 g/mol. The third kappa shape index (κ3) is 5.58. The standard InChI is InChI=1S/C18H23N4O14P/c23-5-7-14(13(28)16(34-7)22-4-2-10(25)20-18(22)30)36-37(31,32)33-6-8-11(26)12(27)15(35-8)21-3-1-9(24)19-17(21)29/h1-4,7-8,11-16,23,26-28H,5-6H2,(H,31,32)(H,19,24,29)(H,20,25,30)/t7-,8-,11-,12-,13-,14-,15-,16-/m0/s1. The van der Waals surface area contributed by atoms with Crippen LogP contribution in [0, 0.1) is 0 Å². The summed E-state index contributed by atoms with van der Waals surface area (Å²) in [5.41, 5.74) is -3.33. The number of phosphoric ester groups is 1. The fourth-order valence-corrected chi connectivity index (χ4v) is 4.89. The zero-order chi connectivity index (χ0) is 27.1. The number of hydrogen-bond acceptors (Lipinski definition) is 13. The molecule has 2 aliphatic heterocycles. The molecule has 4 heterocycles. The van der Waals surface area contributed by atoms with Gasteiger partial charge >= 0.3 is 19.2 Å². The van der Waals surface area contributed by atoms with Gasteiger partial charge in [-0.05, 0) is 0 Å². The Labute approximate surface area is 204 Å². The molecule has 7 N–H and O–H groups in total. The molecule has 0 saturated carbocycles. The Bertz CT molecular complexity index is 1400. The molecule has 0 aliphatic carbocycles. The van der Waals surface area contributed by atoms with Crippen LogP contribution in [0.2, 0.25) is 0 Å². The highest BCUT2D eigenvalue weighted by Gasteiger charge is 2.50. The van der Waals surface area contributed by atoms with Gasteiger partial charge in [-0.2, -0.15) is 0 Å². The lowest BCUT2D eigenvalue weighted by atomic mass is 10.1. The summed E-state index contributed by atoms with van der Waals surface area (Å²) in [6.45, 7) is -1.64. The van der Waals surface area contributed by atoms with Crippen molar-refractivity contribution in [2.45, 2.75) is 49.1 Å². The molecule has 0 amide bonds. The number of aliphatic hydroxyl groups is 4. The average molecular weight is 550 g/mol. The van der Waals surface area contributed by atoms with E-state index in [2.05, 4.69) is 0 Å². The van der Waals surface area contributed by atoms with Crippen molar-refractivity contribution >= 4 is 7.82 Å². The maximum Gasteiger partial charge on any atom is 0.472 e. The molecule has 4 rings (SSSR count). The summed E-state index contributed by atoms with van der Waals surface area (Å²) in [5.74, 6) is 0. The maximum atomic E-state index is 12.6. The van der Waals surface area contributed by atoms with Crippen molar-refractivity contribution in [1.29, 1.82) is 0 Å². The molecule has 204 valence electrons. The lowest BCUT2D eigenvalue weighted by Gasteiger charge is -2.23. The van der Waals surface area contributed by atoms with Crippen molar-refractivity contribution in [3.05, 3.63) is 66.2 Å². The predicted octanol–water partition coefficient (Wildman–Crippen LogP) is -4.54. The van der Waals surface area contributed by atoms with Gasteiger partial charge in [0.25, 0.3) is 11.1 Å². The maximum absolute atomic E-state index is 12.6. The van der Waals surface area contributed by atoms with E-state index >= 15 is 0 Å². The molecule has 0 spiro atoms. The van der Waals surface area contributed by atoms with Crippen molar-refractivity contribution < 1.29 is 48.4 Å². The average Bonchev–Trinajstić information content (AvgIpc) is 3.28. The lowest BCUT2D eigenvalue weighted by molar-refractivity contribution is -0.0615. The number of rotatable bonds is 8. The Hall–Kier alpha value is -2.77. The van der Waals surface area contributed by atoms with Crippen LogP contribution < -0.4 is 22.5 Å². The second-order valence-corrected chi connectivity index (χ2v) is 9.56. The molecule has 0 bridgehead atoms. The molecule has 37 heavy (non-hydrogen) atoms. The minimum atomic E-state index is -5.06. The summed E-state index contributed by atoms with van der Waals surface area (Å²) in [7, 11) is -5.06. The molecule has 18 nitrogen and oxygen atoms in total. The number of hydrogen-bond donors (Lipinski definition) is 7. The quantitative estimate of drug-likeness (QED) is 0.153. The van der Waals surface area contributed by atoms with Crippen molar-refractivity contribution in [2.24, 2.45) is 0 Å². The third-order valence-corrected chi connectivity index (χ3v) is 6.72. The minimum absolute atomic E-state index is 0.709. The SMILES string of the molecule is O=c1ccn([C@H]2O[C@@H](COP(=O)(O)O[C@@H]3[C@H](O)[C@@H](n4ccc(=O)[nH]c4=O)O[C@H]3CO)[C@H](O)[C@@H]2O)c(=O)[nH]1. The van der Waals surface area contributed by atoms with Crippen molar-refractivity contribution in [2.75, 3.05) is 13.2 Å². The van der Waals surface area contributed by atoms with E-state index in [1.165, 1.54) is 0 Å². The first kappa shape index (κ1) is 27.3. The van der Waals surface area contributed by atoms with Gasteiger partial charge in [0.2, 0.25) is 0 Å². The van der Waals surface area contributed by atoms with Gasteiger partial charge in [-0.1, -0.05) is 0 Å². The zero-order valence-corrected chi connectivity index (χ0v) is 19.5. The Balaban J connectivity index is 1.43. The fourth-order valence-electron chi connectivity index (χ4n) is 3.93. The van der Waals surface area contributed by atoms with E-state index < -0.39 is 92.6 Å². The zero-order valence-electron chi connectivity index (χ0n) is 18.6. The predicted molar refractivity (Wildman–Crippen MR) is 116 cm³/mol. The Morgan fingerprint density at radius 2 is 1.38 bits per heavy atom. The summed E-state index contributed by atoms with van der Waals surface area (Å²) >= 11 is 0. The van der Waals surface area contributed by atoms with Gasteiger partial charge in [0, 0.05) is 24.5 Å². The van der Waals surface area contributed by atoms with Crippen LogP contribution in [0.1, 0.15) is 12.5 Å². The third-order valence-electron chi connectivity index (χ3n) is 5.73. The molecule has 2 aromatic rings. The van der Waals surface area contributed by atoms with Crippen molar-refractivity contribution in [3.8, 4) is 0 Å². The molecular formula is C18H23N4O14P. The van der Waals surface area contributed by atoms with E-state index in [1.807, 2.05) is 9.97 Å². The van der Waals surface area contributed by atoms with E-state index in [0.717, 1.165) is 33.7 Å².